The van der Waals surface area contributed by atoms with Gasteiger partial charge in [-0.05, 0) is 31.9 Å². The lowest BCUT2D eigenvalue weighted by Gasteiger charge is -2.31. The van der Waals surface area contributed by atoms with E-state index < -0.39 is 17.4 Å². The number of rotatable bonds is 4. The van der Waals surface area contributed by atoms with Gasteiger partial charge in [0, 0.05) is 30.4 Å². The maximum absolute atomic E-state index is 13.1. The molecule has 1 aromatic carbocycles. The van der Waals surface area contributed by atoms with Crippen molar-refractivity contribution in [3.05, 3.63) is 52.1 Å². The van der Waals surface area contributed by atoms with Crippen molar-refractivity contribution in [3.63, 3.8) is 0 Å². The van der Waals surface area contributed by atoms with Crippen LogP contribution in [0.3, 0.4) is 0 Å². The zero-order valence-corrected chi connectivity index (χ0v) is 17.9. The molecule has 3 aromatic rings. The van der Waals surface area contributed by atoms with Gasteiger partial charge in [-0.3, -0.25) is 4.79 Å². The number of halogens is 3. The summed E-state index contributed by atoms with van der Waals surface area (Å²) in [6.45, 7) is 1.50. The number of aryl methyl sites for hydroxylation is 1. The molecule has 10 heteroatoms. The molecule has 2 heterocycles. The molecule has 0 saturated heterocycles. The molecule has 1 amide bonds. The maximum Gasteiger partial charge on any atom is 0.416 e. The predicted molar refractivity (Wildman–Crippen MR) is 112 cm³/mol. The van der Waals surface area contributed by atoms with Crippen LogP contribution in [0.4, 0.5) is 13.2 Å². The lowest BCUT2D eigenvalue weighted by molar-refractivity contribution is -0.137. The smallest absolute Gasteiger partial charge is 0.341 e. The number of hydrogen-bond acceptors (Lipinski definition) is 4. The van der Waals surface area contributed by atoms with Crippen molar-refractivity contribution < 1.29 is 18.0 Å². The first-order valence-corrected chi connectivity index (χ1v) is 10.6. The van der Waals surface area contributed by atoms with Crippen molar-refractivity contribution in [2.24, 2.45) is 0 Å². The molecule has 170 valence electrons. The minimum Gasteiger partial charge on any atom is -0.341 e. The van der Waals surface area contributed by atoms with Crippen molar-refractivity contribution in [3.8, 4) is 11.4 Å². The number of aromatic nitrogens is 4. The molecule has 1 aliphatic carbocycles. The quantitative estimate of drug-likeness (QED) is 0.612. The van der Waals surface area contributed by atoms with Crippen LogP contribution in [0.5, 0.6) is 0 Å². The number of alkyl halides is 3. The second kappa shape index (κ2) is 8.40. The molecule has 0 aliphatic heterocycles. The SMILES string of the molecule is Cc1cc2nn(CC(=O)N(C)C3CCCCC3)c(=O)n2c(-c2ccc(C(F)(F)F)cc2)n1. The maximum atomic E-state index is 13.1. The molecule has 0 N–H and O–H groups in total. The number of benzene rings is 1. The van der Waals surface area contributed by atoms with Gasteiger partial charge in [0.1, 0.15) is 12.4 Å². The van der Waals surface area contributed by atoms with Crippen LogP contribution in [0, 0.1) is 6.92 Å². The summed E-state index contributed by atoms with van der Waals surface area (Å²) in [7, 11) is 1.75. The van der Waals surface area contributed by atoms with Gasteiger partial charge < -0.3 is 4.90 Å². The van der Waals surface area contributed by atoms with Crippen LogP contribution in [0.1, 0.15) is 43.4 Å². The molecule has 0 atom stereocenters. The van der Waals surface area contributed by atoms with E-state index in [1.165, 1.54) is 23.0 Å². The number of nitrogens with zero attached hydrogens (tertiary/aromatic N) is 5. The summed E-state index contributed by atoms with van der Waals surface area (Å²) in [6.07, 6.45) is 0.771. The molecule has 7 nitrogen and oxygen atoms in total. The monoisotopic (exact) mass is 447 g/mol. The Morgan fingerprint density at radius 3 is 2.44 bits per heavy atom. The molecule has 1 saturated carbocycles. The highest BCUT2D eigenvalue weighted by atomic mass is 19.4. The molecule has 32 heavy (non-hydrogen) atoms. The number of carbonyl (C=O) groups excluding carboxylic acids is 1. The van der Waals surface area contributed by atoms with Gasteiger partial charge in [0.25, 0.3) is 0 Å². The Morgan fingerprint density at radius 1 is 1.16 bits per heavy atom. The Bertz CT molecular complexity index is 1190. The van der Waals surface area contributed by atoms with E-state index in [1.54, 1.807) is 24.9 Å². The number of hydrogen-bond donors (Lipinski definition) is 0. The highest BCUT2D eigenvalue weighted by molar-refractivity contribution is 5.76. The van der Waals surface area contributed by atoms with Crippen LogP contribution in [-0.4, -0.2) is 43.1 Å². The first kappa shape index (κ1) is 22.0. The van der Waals surface area contributed by atoms with Crippen molar-refractivity contribution in [2.75, 3.05) is 7.05 Å². The second-order valence-corrected chi connectivity index (χ2v) is 8.23. The molecular formula is C22H24F3N5O2. The van der Waals surface area contributed by atoms with E-state index in [-0.39, 0.29) is 30.0 Å². The minimum atomic E-state index is -4.46. The Balaban J connectivity index is 1.68. The van der Waals surface area contributed by atoms with E-state index in [4.69, 9.17) is 0 Å². The molecule has 1 fully saturated rings. The van der Waals surface area contributed by atoms with Crippen molar-refractivity contribution in [1.29, 1.82) is 0 Å². The van der Waals surface area contributed by atoms with E-state index in [0.717, 1.165) is 42.5 Å². The normalized spacial score (nSPS) is 15.3. The van der Waals surface area contributed by atoms with Gasteiger partial charge in [0.05, 0.1) is 5.56 Å². The molecule has 1 aliphatic rings. The highest BCUT2D eigenvalue weighted by Crippen LogP contribution is 2.30. The topological polar surface area (TPSA) is 72.5 Å². The molecule has 2 aromatic heterocycles. The summed E-state index contributed by atoms with van der Waals surface area (Å²) < 4.78 is 41.0. The Labute approximate surface area is 182 Å². The Morgan fingerprint density at radius 2 is 1.81 bits per heavy atom. The fourth-order valence-corrected chi connectivity index (χ4v) is 4.17. The van der Waals surface area contributed by atoms with E-state index >= 15 is 0 Å². The fraction of sp³-hybridized carbons (Fsp3) is 0.455. The zero-order valence-electron chi connectivity index (χ0n) is 17.9. The molecular weight excluding hydrogens is 423 g/mol. The first-order chi connectivity index (χ1) is 15.1. The molecule has 0 bridgehead atoms. The van der Waals surface area contributed by atoms with Crippen molar-refractivity contribution in [1.82, 2.24) is 24.1 Å². The van der Waals surface area contributed by atoms with Gasteiger partial charge in [-0.25, -0.2) is 18.9 Å². The van der Waals surface area contributed by atoms with Crippen LogP contribution < -0.4 is 5.69 Å². The van der Waals surface area contributed by atoms with Gasteiger partial charge >= 0.3 is 11.9 Å². The van der Waals surface area contributed by atoms with Crippen LogP contribution in [0.25, 0.3) is 17.0 Å². The average molecular weight is 447 g/mol. The van der Waals surface area contributed by atoms with Gasteiger partial charge in [0.15, 0.2) is 5.65 Å². The van der Waals surface area contributed by atoms with E-state index in [9.17, 15) is 22.8 Å². The predicted octanol–water partition coefficient (Wildman–Crippen LogP) is 3.68. The van der Waals surface area contributed by atoms with Gasteiger partial charge in [0.2, 0.25) is 5.91 Å². The van der Waals surface area contributed by atoms with Crippen molar-refractivity contribution in [2.45, 2.75) is 57.8 Å². The second-order valence-electron chi connectivity index (χ2n) is 8.23. The van der Waals surface area contributed by atoms with Crippen molar-refractivity contribution >= 4 is 11.6 Å². The summed E-state index contributed by atoms with van der Waals surface area (Å²) in [5.41, 5.74) is -0.169. The van der Waals surface area contributed by atoms with Crippen LogP contribution >= 0.6 is 0 Å². The molecule has 4 rings (SSSR count). The standard InChI is InChI=1S/C22H24F3N5O2/c1-14-12-18-27-29(13-19(31)28(2)17-6-4-3-5-7-17)21(32)30(18)20(26-14)15-8-10-16(11-9-15)22(23,24)25/h8-12,17H,3-7,13H2,1-2H3. The Hall–Kier alpha value is -3.17. The largest absolute Gasteiger partial charge is 0.416 e. The third kappa shape index (κ3) is 4.26. The van der Waals surface area contributed by atoms with Gasteiger partial charge in [-0.15, -0.1) is 5.10 Å². The number of amides is 1. The first-order valence-electron chi connectivity index (χ1n) is 10.6. The van der Waals surface area contributed by atoms with E-state index in [2.05, 4.69) is 10.1 Å². The Kier molecular flexibility index (Phi) is 5.79. The number of likely N-dealkylation sites (N-methyl/N-ethyl adjacent to an activating group) is 1. The number of carbonyl (C=O) groups is 1. The summed E-state index contributed by atoms with van der Waals surface area (Å²) in [5.74, 6) is -0.0266. The van der Waals surface area contributed by atoms with Gasteiger partial charge in [-0.1, -0.05) is 31.4 Å². The number of fused-ring (bicyclic) bond motifs is 1. The third-order valence-corrected chi connectivity index (χ3v) is 5.97. The molecule has 0 spiro atoms. The molecule has 0 radical (unpaired) electrons. The third-order valence-electron chi connectivity index (χ3n) is 5.97. The summed E-state index contributed by atoms with van der Waals surface area (Å²) >= 11 is 0. The van der Waals surface area contributed by atoms with Crippen LogP contribution in [0.15, 0.2) is 35.1 Å². The average Bonchev–Trinajstić information content (AvgIpc) is 3.07. The summed E-state index contributed by atoms with van der Waals surface area (Å²) in [6, 6.07) is 6.20. The van der Waals surface area contributed by atoms with Gasteiger partial charge in [-0.2, -0.15) is 13.2 Å². The fourth-order valence-electron chi connectivity index (χ4n) is 4.17. The lowest BCUT2D eigenvalue weighted by atomic mass is 9.94. The zero-order chi connectivity index (χ0) is 23.0. The van der Waals surface area contributed by atoms with Crippen LogP contribution in [-0.2, 0) is 17.5 Å². The van der Waals surface area contributed by atoms with E-state index in [1.807, 2.05) is 0 Å². The highest BCUT2D eigenvalue weighted by Gasteiger charge is 2.30. The lowest BCUT2D eigenvalue weighted by Crippen LogP contribution is -2.41. The summed E-state index contributed by atoms with van der Waals surface area (Å²) in [5, 5.41) is 4.28. The van der Waals surface area contributed by atoms with Crippen LogP contribution in [0.2, 0.25) is 0 Å². The molecule has 0 unspecified atom stereocenters. The van der Waals surface area contributed by atoms with E-state index in [0.29, 0.717) is 11.3 Å². The minimum absolute atomic E-state index is 0.163. The summed E-state index contributed by atoms with van der Waals surface area (Å²) in [4.78, 5) is 31.9.